The van der Waals surface area contributed by atoms with Crippen LogP contribution in [-0.4, -0.2) is 0 Å². The third kappa shape index (κ3) is 2.54. The standard InChI is InChI=1S/C13H20S/c1-9(2)11-5-6-13(10(3)4)12(7-11)8-14/h5-7,9-10,14H,8H2,1-4H3. The second-order valence-electron chi connectivity index (χ2n) is 4.43. The lowest BCUT2D eigenvalue weighted by molar-refractivity contribution is 0.834. The topological polar surface area (TPSA) is 0 Å². The van der Waals surface area contributed by atoms with Crippen molar-refractivity contribution in [3.8, 4) is 0 Å². The van der Waals surface area contributed by atoms with Gasteiger partial charge in [-0.25, -0.2) is 0 Å². The maximum Gasteiger partial charge on any atom is 0.0157 e. The highest BCUT2D eigenvalue weighted by atomic mass is 32.1. The van der Waals surface area contributed by atoms with E-state index in [1.807, 2.05) is 0 Å². The Morgan fingerprint density at radius 1 is 1.07 bits per heavy atom. The molecule has 0 saturated carbocycles. The number of hydrogen-bond acceptors (Lipinski definition) is 1. The maximum absolute atomic E-state index is 4.39. The Bertz CT molecular complexity index is 300. The van der Waals surface area contributed by atoms with Crippen LogP contribution in [0.5, 0.6) is 0 Å². The molecule has 0 aromatic heterocycles. The highest BCUT2D eigenvalue weighted by molar-refractivity contribution is 7.79. The van der Waals surface area contributed by atoms with Crippen LogP contribution in [0, 0.1) is 0 Å². The molecule has 0 aliphatic rings. The molecule has 0 spiro atoms. The van der Waals surface area contributed by atoms with Gasteiger partial charge in [0, 0.05) is 5.75 Å². The minimum absolute atomic E-state index is 0.596. The van der Waals surface area contributed by atoms with Gasteiger partial charge in [-0.05, 0) is 28.5 Å². The molecule has 0 atom stereocenters. The van der Waals surface area contributed by atoms with Gasteiger partial charge < -0.3 is 0 Å². The lowest BCUT2D eigenvalue weighted by atomic mass is 9.93. The minimum Gasteiger partial charge on any atom is -0.175 e. The third-order valence-electron chi connectivity index (χ3n) is 2.63. The first-order valence-corrected chi connectivity index (χ1v) is 5.93. The van der Waals surface area contributed by atoms with Crippen LogP contribution in [0.2, 0.25) is 0 Å². The van der Waals surface area contributed by atoms with Crippen molar-refractivity contribution in [2.24, 2.45) is 0 Å². The summed E-state index contributed by atoms with van der Waals surface area (Å²) < 4.78 is 0. The summed E-state index contributed by atoms with van der Waals surface area (Å²) in [6.07, 6.45) is 0. The average molecular weight is 208 g/mol. The predicted molar refractivity (Wildman–Crippen MR) is 67.3 cm³/mol. The molecule has 0 N–H and O–H groups in total. The normalized spacial score (nSPS) is 11.4. The summed E-state index contributed by atoms with van der Waals surface area (Å²) in [5.41, 5.74) is 4.23. The number of hydrogen-bond donors (Lipinski definition) is 1. The van der Waals surface area contributed by atoms with Gasteiger partial charge in [-0.1, -0.05) is 45.9 Å². The van der Waals surface area contributed by atoms with Crippen molar-refractivity contribution in [2.75, 3.05) is 0 Å². The first-order chi connectivity index (χ1) is 6.56. The molecule has 0 nitrogen and oxygen atoms in total. The van der Waals surface area contributed by atoms with Crippen molar-refractivity contribution >= 4 is 12.6 Å². The zero-order valence-electron chi connectivity index (χ0n) is 9.54. The van der Waals surface area contributed by atoms with Crippen LogP contribution < -0.4 is 0 Å². The molecule has 0 aliphatic heterocycles. The van der Waals surface area contributed by atoms with Crippen LogP contribution in [0.4, 0.5) is 0 Å². The Balaban J connectivity index is 3.11. The molecule has 1 heteroatoms. The minimum atomic E-state index is 0.596. The van der Waals surface area contributed by atoms with Crippen LogP contribution in [0.3, 0.4) is 0 Å². The molecule has 0 saturated heterocycles. The van der Waals surface area contributed by atoms with Crippen LogP contribution in [0.25, 0.3) is 0 Å². The zero-order chi connectivity index (χ0) is 10.7. The third-order valence-corrected chi connectivity index (χ3v) is 2.97. The van der Waals surface area contributed by atoms with Crippen molar-refractivity contribution < 1.29 is 0 Å². The quantitative estimate of drug-likeness (QED) is 0.701. The first kappa shape index (κ1) is 11.6. The summed E-state index contributed by atoms with van der Waals surface area (Å²) in [7, 11) is 0. The lowest BCUT2D eigenvalue weighted by Gasteiger charge is -2.14. The Morgan fingerprint density at radius 3 is 2.14 bits per heavy atom. The molecule has 78 valence electrons. The number of thiol groups is 1. The highest BCUT2D eigenvalue weighted by Gasteiger charge is 2.07. The summed E-state index contributed by atoms with van der Waals surface area (Å²) in [5.74, 6) is 2.04. The lowest BCUT2D eigenvalue weighted by Crippen LogP contribution is -1.97. The van der Waals surface area contributed by atoms with Crippen LogP contribution in [-0.2, 0) is 5.75 Å². The first-order valence-electron chi connectivity index (χ1n) is 5.29. The SMILES string of the molecule is CC(C)c1ccc(C(C)C)c(CS)c1. The van der Waals surface area contributed by atoms with Crippen LogP contribution >= 0.6 is 12.6 Å². The molecular weight excluding hydrogens is 188 g/mol. The summed E-state index contributed by atoms with van der Waals surface area (Å²) in [6.45, 7) is 8.92. The molecule has 1 rings (SSSR count). The van der Waals surface area contributed by atoms with Gasteiger partial charge in [-0.2, -0.15) is 12.6 Å². The molecule has 14 heavy (non-hydrogen) atoms. The number of benzene rings is 1. The van der Waals surface area contributed by atoms with Crippen molar-refractivity contribution in [1.29, 1.82) is 0 Å². The summed E-state index contributed by atoms with van der Waals surface area (Å²) in [5, 5.41) is 0. The highest BCUT2D eigenvalue weighted by Crippen LogP contribution is 2.25. The van der Waals surface area contributed by atoms with E-state index in [4.69, 9.17) is 0 Å². The number of rotatable bonds is 3. The smallest absolute Gasteiger partial charge is 0.0157 e. The Labute approximate surface area is 93.1 Å². The molecule has 0 unspecified atom stereocenters. The summed E-state index contributed by atoms with van der Waals surface area (Å²) in [4.78, 5) is 0. The molecular formula is C13H20S. The van der Waals surface area contributed by atoms with Crippen LogP contribution in [0.1, 0.15) is 56.2 Å². The summed E-state index contributed by atoms with van der Waals surface area (Å²) >= 11 is 4.39. The van der Waals surface area contributed by atoms with Gasteiger partial charge in [-0.15, -0.1) is 0 Å². The van der Waals surface area contributed by atoms with Crippen molar-refractivity contribution in [2.45, 2.75) is 45.3 Å². The van der Waals surface area contributed by atoms with Gasteiger partial charge in [0.05, 0.1) is 0 Å². The second kappa shape index (κ2) is 4.88. The summed E-state index contributed by atoms with van der Waals surface area (Å²) in [6, 6.07) is 6.80. The largest absolute Gasteiger partial charge is 0.175 e. The van der Waals surface area contributed by atoms with Crippen molar-refractivity contribution in [3.05, 3.63) is 34.9 Å². The Morgan fingerprint density at radius 2 is 1.71 bits per heavy atom. The van der Waals surface area contributed by atoms with Gasteiger partial charge in [0.25, 0.3) is 0 Å². The molecule has 1 aromatic rings. The zero-order valence-corrected chi connectivity index (χ0v) is 10.4. The van der Waals surface area contributed by atoms with E-state index in [1.165, 1.54) is 16.7 Å². The fraction of sp³-hybridized carbons (Fsp3) is 0.538. The Kier molecular flexibility index (Phi) is 4.06. The van der Waals surface area contributed by atoms with Crippen molar-refractivity contribution in [1.82, 2.24) is 0 Å². The average Bonchev–Trinajstić information content (AvgIpc) is 2.16. The van der Waals surface area contributed by atoms with E-state index in [9.17, 15) is 0 Å². The van der Waals surface area contributed by atoms with Gasteiger partial charge in [0.15, 0.2) is 0 Å². The van der Waals surface area contributed by atoms with E-state index in [0.717, 1.165) is 5.75 Å². The van der Waals surface area contributed by atoms with Crippen molar-refractivity contribution in [3.63, 3.8) is 0 Å². The fourth-order valence-corrected chi connectivity index (χ4v) is 1.96. The second-order valence-corrected chi connectivity index (χ2v) is 4.74. The monoisotopic (exact) mass is 208 g/mol. The van der Waals surface area contributed by atoms with Gasteiger partial charge in [0.2, 0.25) is 0 Å². The molecule has 0 heterocycles. The molecule has 1 aromatic carbocycles. The maximum atomic E-state index is 4.39. The van der Waals surface area contributed by atoms with E-state index in [1.54, 1.807) is 0 Å². The van der Waals surface area contributed by atoms with E-state index in [-0.39, 0.29) is 0 Å². The predicted octanol–water partition coefficient (Wildman–Crippen LogP) is 4.36. The van der Waals surface area contributed by atoms with E-state index >= 15 is 0 Å². The molecule has 0 aliphatic carbocycles. The molecule has 0 bridgehead atoms. The van der Waals surface area contributed by atoms with Crippen LogP contribution in [0.15, 0.2) is 18.2 Å². The molecule has 0 amide bonds. The van der Waals surface area contributed by atoms with E-state index < -0.39 is 0 Å². The Hall–Kier alpha value is -0.430. The van der Waals surface area contributed by atoms with E-state index in [2.05, 4.69) is 58.5 Å². The van der Waals surface area contributed by atoms with Gasteiger partial charge in [0.1, 0.15) is 0 Å². The molecule has 0 radical (unpaired) electrons. The van der Waals surface area contributed by atoms with E-state index in [0.29, 0.717) is 11.8 Å². The van der Waals surface area contributed by atoms with Gasteiger partial charge >= 0.3 is 0 Å². The van der Waals surface area contributed by atoms with Gasteiger partial charge in [-0.3, -0.25) is 0 Å². The fourth-order valence-electron chi connectivity index (χ4n) is 1.68. The molecule has 0 fully saturated rings.